The minimum Gasteiger partial charge on any atom is -0.454 e. The van der Waals surface area contributed by atoms with Gasteiger partial charge in [-0.25, -0.2) is 15.0 Å². The summed E-state index contributed by atoms with van der Waals surface area (Å²) in [6.45, 7) is 8.07. The van der Waals surface area contributed by atoms with Gasteiger partial charge in [0.25, 0.3) is 0 Å². The second kappa shape index (κ2) is 11.9. The smallest absolute Gasteiger partial charge is 0.247 e. The van der Waals surface area contributed by atoms with Crippen LogP contribution in [0.25, 0.3) is 5.95 Å². The van der Waals surface area contributed by atoms with Crippen LogP contribution in [0.3, 0.4) is 0 Å². The van der Waals surface area contributed by atoms with Crippen molar-refractivity contribution in [2.24, 2.45) is 0 Å². The van der Waals surface area contributed by atoms with E-state index >= 15 is 0 Å². The largest absolute Gasteiger partial charge is 0.454 e. The Morgan fingerprint density at radius 2 is 1.95 bits per heavy atom. The van der Waals surface area contributed by atoms with Gasteiger partial charge in [-0.05, 0) is 36.6 Å². The van der Waals surface area contributed by atoms with E-state index in [2.05, 4.69) is 34.4 Å². The number of nitrogens with zero attached hydrogens (tertiary/aromatic N) is 5. The Kier molecular flexibility index (Phi) is 8.19. The van der Waals surface area contributed by atoms with E-state index in [4.69, 9.17) is 19.4 Å². The zero-order valence-electron chi connectivity index (χ0n) is 22.3. The average Bonchev–Trinajstić information content (AvgIpc) is 3.65. The minimum atomic E-state index is -0.921. The number of carbonyl (C=O) groups excluding carboxylic acids is 1. The number of amides is 1. The summed E-state index contributed by atoms with van der Waals surface area (Å²) in [6, 6.07) is 7.83. The van der Waals surface area contributed by atoms with E-state index in [1.165, 1.54) is 0 Å². The van der Waals surface area contributed by atoms with Crippen molar-refractivity contribution in [3.8, 4) is 17.4 Å². The molecule has 0 saturated carbocycles. The third kappa shape index (κ3) is 5.37. The number of ether oxygens (including phenoxy) is 2. The summed E-state index contributed by atoms with van der Waals surface area (Å²) < 4.78 is 12.8. The van der Waals surface area contributed by atoms with Crippen LogP contribution in [0.4, 0.5) is 0 Å². The first-order chi connectivity index (χ1) is 18.6. The number of aryl methyl sites for hydroxylation is 1. The van der Waals surface area contributed by atoms with Crippen LogP contribution in [-0.2, 0) is 23.3 Å². The van der Waals surface area contributed by atoms with Crippen molar-refractivity contribution >= 4 is 5.91 Å². The van der Waals surface area contributed by atoms with Crippen molar-refractivity contribution < 1.29 is 14.3 Å². The van der Waals surface area contributed by atoms with E-state index in [0.717, 1.165) is 74.6 Å². The van der Waals surface area contributed by atoms with E-state index in [0.29, 0.717) is 24.7 Å². The van der Waals surface area contributed by atoms with E-state index in [1.54, 1.807) is 12.5 Å². The maximum Gasteiger partial charge on any atom is 0.247 e. The van der Waals surface area contributed by atoms with Crippen molar-refractivity contribution in [2.45, 2.75) is 58.0 Å². The molecule has 2 aliphatic rings. The zero-order chi connectivity index (χ0) is 26.4. The van der Waals surface area contributed by atoms with Crippen LogP contribution in [0.2, 0.25) is 0 Å². The van der Waals surface area contributed by atoms with E-state index in [1.807, 2.05) is 35.0 Å². The van der Waals surface area contributed by atoms with Gasteiger partial charge in [-0.1, -0.05) is 39.2 Å². The molecule has 3 aromatic rings. The van der Waals surface area contributed by atoms with E-state index in [-0.39, 0.29) is 12.7 Å². The first kappa shape index (κ1) is 26.1. The summed E-state index contributed by atoms with van der Waals surface area (Å²) in [4.78, 5) is 30.8. The molecule has 0 spiro atoms. The molecular weight excluding hydrogens is 482 g/mol. The molecule has 10 heteroatoms. The fraction of sp³-hybridized carbons (Fsp3) is 0.500. The number of rotatable bonds is 11. The summed E-state index contributed by atoms with van der Waals surface area (Å²) in [5.74, 6) is 1.95. The Labute approximate surface area is 223 Å². The molecule has 2 aromatic heterocycles. The van der Waals surface area contributed by atoms with Crippen molar-refractivity contribution in [1.82, 2.24) is 35.1 Å². The SMILES string of the molecule is CCCCC(C(=O)NCc1ccc2c(c1)OCO2)(c1cc(CCC)nc(-n2ccnc2)n1)N1CCNCC1. The molecule has 10 nitrogen and oxygen atoms in total. The summed E-state index contributed by atoms with van der Waals surface area (Å²) in [5.41, 5.74) is 1.72. The molecule has 2 aliphatic heterocycles. The molecule has 2 N–H and O–H groups in total. The van der Waals surface area contributed by atoms with Crippen molar-refractivity contribution in [2.75, 3.05) is 33.0 Å². The normalized spacial score (nSPS) is 16.8. The van der Waals surface area contributed by atoms with Gasteiger partial charge in [0.1, 0.15) is 11.9 Å². The second-order valence-electron chi connectivity index (χ2n) is 9.84. The fourth-order valence-electron chi connectivity index (χ4n) is 5.25. The standard InChI is InChI=1S/C28H37N7O3/c1-3-5-9-28(35-14-11-29-12-15-35,26(36)31-18-21-7-8-23-24(16-21)38-20-37-23)25-17-22(6-4-2)32-27(33-25)34-13-10-30-19-34/h7-8,10,13,16-17,19,29H,3-6,9,11-12,14-15,18,20H2,1-2H3,(H,31,36). The number of benzene rings is 1. The van der Waals surface area contributed by atoms with Gasteiger partial charge in [0.05, 0.1) is 5.69 Å². The van der Waals surface area contributed by atoms with Crippen LogP contribution < -0.4 is 20.1 Å². The number of unbranched alkanes of at least 4 members (excludes halogenated alkanes) is 1. The first-order valence-electron chi connectivity index (χ1n) is 13.6. The average molecular weight is 520 g/mol. The number of aromatic nitrogens is 4. The number of nitrogens with one attached hydrogen (secondary N) is 2. The van der Waals surface area contributed by atoms with Gasteiger partial charge in [-0.2, -0.15) is 0 Å². The van der Waals surface area contributed by atoms with Gasteiger partial charge < -0.3 is 20.1 Å². The van der Waals surface area contributed by atoms with Crippen molar-refractivity contribution in [3.05, 3.63) is 59.9 Å². The number of piperazine rings is 1. The van der Waals surface area contributed by atoms with Crippen LogP contribution in [0.5, 0.6) is 11.5 Å². The third-order valence-electron chi connectivity index (χ3n) is 7.25. The molecule has 1 aromatic carbocycles. The second-order valence-corrected chi connectivity index (χ2v) is 9.84. The highest BCUT2D eigenvalue weighted by Crippen LogP contribution is 2.36. The monoisotopic (exact) mass is 519 g/mol. The van der Waals surface area contributed by atoms with Crippen LogP contribution in [0, 0.1) is 0 Å². The van der Waals surface area contributed by atoms with E-state index in [9.17, 15) is 4.79 Å². The molecule has 1 amide bonds. The van der Waals surface area contributed by atoms with Crippen molar-refractivity contribution in [1.29, 1.82) is 0 Å². The number of carbonyl (C=O) groups is 1. The van der Waals surface area contributed by atoms with Crippen molar-refractivity contribution in [3.63, 3.8) is 0 Å². The molecular formula is C28H37N7O3. The molecule has 1 unspecified atom stereocenters. The Morgan fingerprint density at radius 3 is 2.71 bits per heavy atom. The predicted octanol–water partition coefficient (Wildman–Crippen LogP) is 2.95. The van der Waals surface area contributed by atoms with Gasteiger partial charge in [-0.15, -0.1) is 0 Å². The van der Waals surface area contributed by atoms with Gasteiger partial charge in [0.15, 0.2) is 11.5 Å². The molecule has 0 aliphatic carbocycles. The zero-order valence-corrected chi connectivity index (χ0v) is 22.3. The topological polar surface area (TPSA) is 106 Å². The molecule has 4 heterocycles. The van der Waals surface area contributed by atoms with Gasteiger partial charge in [0, 0.05) is 50.8 Å². The highest BCUT2D eigenvalue weighted by molar-refractivity contribution is 5.87. The Hall–Kier alpha value is -3.50. The van der Waals surface area contributed by atoms with Crippen LogP contribution in [0.15, 0.2) is 43.0 Å². The Morgan fingerprint density at radius 1 is 1.11 bits per heavy atom. The lowest BCUT2D eigenvalue weighted by Crippen LogP contribution is -2.61. The van der Waals surface area contributed by atoms with Gasteiger partial charge in [-0.3, -0.25) is 14.3 Å². The van der Waals surface area contributed by atoms with Gasteiger partial charge in [0.2, 0.25) is 18.6 Å². The number of imidazole rings is 1. The number of fused-ring (bicyclic) bond motifs is 1. The van der Waals surface area contributed by atoms with Crippen LogP contribution in [0.1, 0.15) is 56.5 Å². The number of hydrogen-bond acceptors (Lipinski definition) is 8. The molecule has 0 bridgehead atoms. The number of hydrogen-bond donors (Lipinski definition) is 2. The van der Waals surface area contributed by atoms with Gasteiger partial charge >= 0.3 is 0 Å². The minimum absolute atomic E-state index is 0.0387. The Balaban J connectivity index is 1.55. The third-order valence-corrected chi connectivity index (χ3v) is 7.25. The van der Waals surface area contributed by atoms with Crippen LogP contribution in [-0.4, -0.2) is 63.3 Å². The summed E-state index contributed by atoms with van der Waals surface area (Å²) in [5, 5.41) is 6.70. The Bertz CT molecular complexity index is 1230. The summed E-state index contributed by atoms with van der Waals surface area (Å²) in [6.07, 6.45) is 9.56. The maximum absolute atomic E-state index is 14.4. The first-order valence-corrected chi connectivity index (χ1v) is 13.6. The molecule has 1 saturated heterocycles. The summed E-state index contributed by atoms with van der Waals surface area (Å²) >= 11 is 0. The predicted molar refractivity (Wildman–Crippen MR) is 143 cm³/mol. The van der Waals surface area contributed by atoms with Crippen LogP contribution >= 0.6 is 0 Å². The molecule has 1 atom stereocenters. The quantitative estimate of drug-likeness (QED) is 0.398. The molecule has 5 rings (SSSR count). The molecule has 202 valence electrons. The lowest BCUT2D eigenvalue weighted by Gasteiger charge is -2.44. The summed E-state index contributed by atoms with van der Waals surface area (Å²) in [7, 11) is 0. The van der Waals surface area contributed by atoms with E-state index < -0.39 is 5.54 Å². The highest BCUT2D eigenvalue weighted by atomic mass is 16.7. The lowest BCUT2D eigenvalue weighted by molar-refractivity contribution is -0.136. The molecule has 0 radical (unpaired) electrons. The fourth-order valence-corrected chi connectivity index (χ4v) is 5.25. The maximum atomic E-state index is 14.4. The molecule has 1 fully saturated rings. The highest BCUT2D eigenvalue weighted by Gasteiger charge is 2.47. The lowest BCUT2D eigenvalue weighted by atomic mass is 9.84. The molecule has 38 heavy (non-hydrogen) atoms.